The van der Waals surface area contributed by atoms with E-state index in [1.807, 2.05) is 57.2 Å². The minimum absolute atomic E-state index is 0.385. The third-order valence-corrected chi connectivity index (χ3v) is 1.73. The Morgan fingerprint density at radius 2 is 1.69 bits per heavy atom. The Morgan fingerprint density at radius 1 is 1.00 bits per heavy atom. The van der Waals surface area contributed by atoms with Crippen LogP contribution in [0.25, 0.3) is 0 Å². The van der Waals surface area contributed by atoms with E-state index in [0.29, 0.717) is 6.01 Å². The van der Waals surface area contributed by atoms with Gasteiger partial charge in [-0.15, -0.1) is 0 Å². The van der Waals surface area contributed by atoms with Crippen molar-refractivity contribution in [3.63, 3.8) is 0 Å². The van der Waals surface area contributed by atoms with Crippen LogP contribution in [0, 0.1) is 6.92 Å². The highest BCUT2D eigenvalue weighted by molar-refractivity contribution is 5.24. The standard InChI is InChI=1S/C11H10N2O.C2H6/c1-9-7-8-12-11(13-9)14-10-5-3-2-4-6-10;1-2/h2-8H,1H3;1-2H3. The number of para-hydroxylation sites is 1. The molecule has 3 heteroatoms. The van der Waals surface area contributed by atoms with Gasteiger partial charge in [0.1, 0.15) is 5.75 Å². The Labute approximate surface area is 96.1 Å². The van der Waals surface area contributed by atoms with Gasteiger partial charge in [-0.05, 0) is 25.1 Å². The minimum Gasteiger partial charge on any atom is -0.424 e. The van der Waals surface area contributed by atoms with Crippen LogP contribution in [0.3, 0.4) is 0 Å². The number of hydrogen-bond acceptors (Lipinski definition) is 3. The minimum atomic E-state index is 0.385. The van der Waals surface area contributed by atoms with Crippen LogP contribution in [0.2, 0.25) is 0 Å². The van der Waals surface area contributed by atoms with Crippen LogP contribution >= 0.6 is 0 Å². The molecule has 0 spiro atoms. The second-order valence-corrected chi connectivity index (χ2v) is 2.90. The molecule has 1 aromatic carbocycles. The average Bonchev–Trinajstić information content (AvgIpc) is 2.33. The third-order valence-electron chi connectivity index (χ3n) is 1.73. The van der Waals surface area contributed by atoms with Crippen molar-refractivity contribution >= 4 is 0 Å². The zero-order valence-corrected chi connectivity index (χ0v) is 9.84. The van der Waals surface area contributed by atoms with Crippen molar-refractivity contribution in [3.8, 4) is 11.8 Å². The smallest absolute Gasteiger partial charge is 0.322 e. The van der Waals surface area contributed by atoms with E-state index in [2.05, 4.69) is 9.97 Å². The zero-order valence-electron chi connectivity index (χ0n) is 9.84. The maximum Gasteiger partial charge on any atom is 0.322 e. The summed E-state index contributed by atoms with van der Waals surface area (Å²) in [7, 11) is 0. The highest BCUT2D eigenvalue weighted by atomic mass is 16.5. The Bertz CT molecular complexity index is 415. The number of benzene rings is 1. The molecule has 0 unspecified atom stereocenters. The molecule has 1 aromatic heterocycles. The van der Waals surface area contributed by atoms with Gasteiger partial charge >= 0.3 is 6.01 Å². The zero-order chi connectivity index (χ0) is 11.8. The number of ether oxygens (including phenoxy) is 1. The molecular weight excluding hydrogens is 200 g/mol. The molecule has 0 saturated heterocycles. The summed E-state index contributed by atoms with van der Waals surface area (Å²) in [5, 5.41) is 0. The molecule has 0 aliphatic heterocycles. The SMILES string of the molecule is CC.Cc1ccnc(Oc2ccccc2)n1. The summed E-state index contributed by atoms with van der Waals surface area (Å²) in [6.07, 6.45) is 1.68. The molecule has 0 saturated carbocycles. The van der Waals surface area contributed by atoms with Crippen LogP contribution in [0.5, 0.6) is 11.8 Å². The predicted octanol–water partition coefficient (Wildman–Crippen LogP) is 3.60. The van der Waals surface area contributed by atoms with E-state index in [-0.39, 0.29) is 0 Å². The van der Waals surface area contributed by atoms with Gasteiger partial charge in [0.15, 0.2) is 0 Å². The van der Waals surface area contributed by atoms with Crippen LogP contribution in [0.15, 0.2) is 42.6 Å². The van der Waals surface area contributed by atoms with Gasteiger partial charge < -0.3 is 4.74 Å². The Balaban J connectivity index is 0.000000606. The van der Waals surface area contributed by atoms with Crippen LogP contribution in [-0.2, 0) is 0 Å². The molecule has 0 fully saturated rings. The van der Waals surface area contributed by atoms with Crippen LogP contribution in [0.1, 0.15) is 19.5 Å². The molecule has 2 aromatic rings. The first-order valence-corrected chi connectivity index (χ1v) is 5.37. The molecule has 0 radical (unpaired) electrons. The lowest BCUT2D eigenvalue weighted by atomic mass is 10.3. The van der Waals surface area contributed by atoms with Crippen LogP contribution < -0.4 is 4.74 Å². The first-order valence-electron chi connectivity index (χ1n) is 5.37. The maximum absolute atomic E-state index is 5.44. The van der Waals surface area contributed by atoms with Gasteiger partial charge in [-0.3, -0.25) is 0 Å². The molecule has 0 aliphatic rings. The van der Waals surface area contributed by atoms with Gasteiger partial charge in [-0.1, -0.05) is 32.0 Å². The van der Waals surface area contributed by atoms with Crippen molar-refractivity contribution < 1.29 is 4.74 Å². The lowest BCUT2D eigenvalue weighted by molar-refractivity contribution is 0.440. The summed E-state index contributed by atoms with van der Waals surface area (Å²) >= 11 is 0. The summed E-state index contributed by atoms with van der Waals surface area (Å²) in [6.45, 7) is 5.90. The third kappa shape index (κ3) is 3.69. The van der Waals surface area contributed by atoms with E-state index in [4.69, 9.17) is 4.74 Å². The normalized spacial score (nSPS) is 8.94. The summed E-state index contributed by atoms with van der Waals surface area (Å²) < 4.78 is 5.44. The molecule has 0 atom stereocenters. The number of aryl methyl sites for hydroxylation is 1. The molecule has 84 valence electrons. The molecular formula is C13H16N2O. The largest absolute Gasteiger partial charge is 0.424 e. The van der Waals surface area contributed by atoms with E-state index < -0.39 is 0 Å². The summed E-state index contributed by atoms with van der Waals surface area (Å²) in [5.41, 5.74) is 0.894. The number of hydrogen-bond donors (Lipinski definition) is 0. The summed E-state index contributed by atoms with van der Waals surface area (Å²) in [4.78, 5) is 8.14. The summed E-state index contributed by atoms with van der Waals surface area (Å²) in [6, 6.07) is 11.7. The van der Waals surface area contributed by atoms with E-state index in [1.54, 1.807) is 6.20 Å². The molecule has 3 nitrogen and oxygen atoms in total. The highest BCUT2D eigenvalue weighted by Gasteiger charge is 1.98. The van der Waals surface area contributed by atoms with E-state index >= 15 is 0 Å². The average molecular weight is 216 g/mol. The molecule has 0 N–H and O–H groups in total. The lowest BCUT2D eigenvalue weighted by Gasteiger charge is -2.02. The van der Waals surface area contributed by atoms with Crippen molar-refractivity contribution in [2.45, 2.75) is 20.8 Å². The van der Waals surface area contributed by atoms with Crippen molar-refractivity contribution in [2.75, 3.05) is 0 Å². The number of rotatable bonds is 2. The van der Waals surface area contributed by atoms with Gasteiger partial charge in [0, 0.05) is 11.9 Å². The van der Waals surface area contributed by atoms with Gasteiger partial charge in [0.05, 0.1) is 0 Å². The Morgan fingerprint density at radius 3 is 2.31 bits per heavy atom. The Kier molecular flexibility index (Phi) is 4.99. The van der Waals surface area contributed by atoms with Crippen LogP contribution in [0.4, 0.5) is 0 Å². The quantitative estimate of drug-likeness (QED) is 0.769. The molecule has 0 amide bonds. The lowest BCUT2D eigenvalue weighted by Crippen LogP contribution is -1.92. The summed E-state index contributed by atoms with van der Waals surface area (Å²) in [5.74, 6) is 0.748. The molecule has 0 bridgehead atoms. The highest BCUT2D eigenvalue weighted by Crippen LogP contribution is 2.15. The van der Waals surface area contributed by atoms with E-state index in [0.717, 1.165) is 11.4 Å². The fourth-order valence-electron chi connectivity index (χ4n) is 1.07. The van der Waals surface area contributed by atoms with Gasteiger partial charge in [0.2, 0.25) is 0 Å². The van der Waals surface area contributed by atoms with Crippen molar-refractivity contribution in [1.82, 2.24) is 9.97 Å². The monoisotopic (exact) mass is 216 g/mol. The number of nitrogens with zero attached hydrogens (tertiary/aromatic N) is 2. The second-order valence-electron chi connectivity index (χ2n) is 2.90. The van der Waals surface area contributed by atoms with Crippen LogP contribution in [-0.4, -0.2) is 9.97 Å². The first-order chi connectivity index (χ1) is 7.84. The molecule has 0 aliphatic carbocycles. The van der Waals surface area contributed by atoms with Gasteiger partial charge in [0.25, 0.3) is 0 Å². The first kappa shape index (κ1) is 12.2. The maximum atomic E-state index is 5.44. The fourth-order valence-corrected chi connectivity index (χ4v) is 1.07. The molecule has 2 rings (SSSR count). The number of aromatic nitrogens is 2. The van der Waals surface area contributed by atoms with E-state index in [1.165, 1.54) is 0 Å². The second kappa shape index (κ2) is 6.56. The fraction of sp³-hybridized carbons (Fsp3) is 0.231. The molecule has 1 heterocycles. The van der Waals surface area contributed by atoms with Gasteiger partial charge in [-0.25, -0.2) is 9.97 Å². The van der Waals surface area contributed by atoms with Crippen molar-refractivity contribution in [2.24, 2.45) is 0 Å². The topological polar surface area (TPSA) is 35.0 Å². The van der Waals surface area contributed by atoms with Crippen molar-refractivity contribution in [1.29, 1.82) is 0 Å². The molecule has 16 heavy (non-hydrogen) atoms. The van der Waals surface area contributed by atoms with Gasteiger partial charge in [-0.2, -0.15) is 0 Å². The Hall–Kier alpha value is -1.90. The van der Waals surface area contributed by atoms with E-state index in [9.17, 15) is 0 Å². The van der Waals surface area contributed by atoms with Crippen molar-refractivity contribution in [3.05, 3.63) is 48.3 Å². The predicted molar refractivity (Wildman–Crippen MR) is 64.6 cm³/mol.